The first-order valence-electron chi connectivity index (χ1n) is 8.69. The molecule has 3 rings (SSSR count). The normalized spacial score (nSPS) is 21.8. The van der Waals surface area contributed by atoms with E-state index in [0.29, 0.717) is 38.5 Å². The number of likely N-dealkylation sites (tertiary alicyclic amines) is 1. The Kier molecular flexibility index (Phi) is 4.58. The molecule has 25 heavy (non-hydrogen) atoms. The van der Waals surface area contributed by atoms with E-state index in [9.17, 15) is 14.4 Å². The number of nitrogens with zero attached hydrogens (tertiary/aromatic N) is 3. The second-order valence-electron chi connectivity index (χ2n) is 7.67. The Morgan fingerprint density at radius 3 is 2.28 bits per heavy atom. The van der Waals surface area contributed by atoms with Gasteiger partial charge < -0.3 is 19.1 Å². The number of rotatable bonds is 2. The maximum atomic E-state index is 12.7. The first-order valence-corrected chi connectivity index (χ1v) is 8.69. The lowest BCUT2D eigenvalue weighted by atomic mass is 10.1. The van der Waals surface area contributed by atoms with Crippen molar-refractivity contribution in [2.24, 2.45) is 5.92 Å². The van der Waals surface area contributed by atoms with Gasteiger partial charge in [-0.15, -0.1) is 0 Å². The highest BCUT2D eigenvalue weighted by Gasteiger charge is 2.41. The van der Waals surface area contributed by atoms with E-state index in [1.807, 2.05) is 20.8 Å². The molecule has 0 aliphatic carbocycles. The number of amides is 3. The van der Waals surface area contributed by atoms with E-state index >= 15 is 0 Å². The number of piperazine rings is 1. The summed E-state index contributed by atoms with van der Waals surface area (Å²) in [5.41, 5.74) is -0.264. The maximum Gasteiger partial charge on any atom is 0.289 e. The number of carbonyl (C=O) groups is 3. The fraction of sp³-hybridized carbons (Fsp3) is 0.611. The smallest absolute Gasteiger partial charge is 0.289 e. The van der Waals surface area contributed by atoms with Gasteiger partial charge in [-0.3, -0.25) is 14.4 Å². The summed E-state index contributed by atoms with van der Waals surface area (Å²) in [4.78, 5) is 42.5. The molecular weight excluding hydrogens is 322 g/mol. The van der Waals surface area contributed by atoms with Gasteiger partial charge in [0, 0.05) is 44.7 Å². The molecule has 0 aromatic carbocycles. The SMILES string of the molecule is CC(C)(C)N1C[C@H](C(=O)N2CCN(C(=O)c3ccco3)CC2)CC1=O. The highest BCUT2D eigenvalue weighted by atomic mass is 16.3. The summed E-state index contributed by atoms with van der Waals surface area (Å²) in [5.74, 6) is -0.0456. The highest BCUT2D eigenvalue weighted by Crippen LogP contribution is 2.27. The van der Waals surface area contributed by atoms with Crippen molar-refractivity contribution < 1.29 is 18.8 Å². The van der Waals surface area contributed by atoms with Crippen LogP contribution in [0, 0.1) is 5.92 Å². The lowest BCUT2D eigenvalue weighted by Gasteiger charge is -2.36. The molecule has 3 heterocycles. The van der Waals surface area contributed by atoms with Gasteiger partial charge in [-0.2, -0.15) is 0 Å². The zero-order chi connectivity index (χ0) is 18.2. The predicted octanol–water partition coefficient (Wildman–Crippen LogP) is 1.21. The molecule has 2 aliphatic rings. The second-order valence-corrected chi connectivity index (χ2v) is 7.67. The molecule has 2 saturated heterocycles. The van der Waals surface area contributed by atoms with Crippen molar-refractivity contribution in [3.05, 3.63) is 24.2 Å². The van der Waals surface area contributed by atoms with E-state index in [0.717, 1.165) is 0 Å². The quantitative estimate of drug-likeness (QED) is 0.806. The monoisotopic (exact) mass is 347 g/mol. The van der Waals surface area contributed by atoms with Crippen LogP contribution in [0.5, 0.6) is 0 Å². The topological polar surface area (TPSA) is 74.1 Å². The largest absolute Gasteiger partial charge is 0.459 e. The molecule has 0 radical (unpaired) electrons. The van der Waals surface area contributed by atoms with Gasteiger partial charge in [0.1, 0.15) is 0 Å². The van der Waals surface area contributed by atoms with Gasteiger partial charge >= 0.3 is 0 Å². The van der Waals surface area contributed by atoms with Crippen molar-refractivity contribution in [3.8, 4) is 0 Å². The second kappa shape index (κ2) is 6.54. The number of hydrogen-bond donors (Lipinski definition) is 0. The Morgan fingerprint density at radius 1 is 1.12 bits per heavy atom. The summed E-state index contributed by atoms with van der Waals surface area (Å²) >= 11 is 0. The van der Waals surface area contributed by atoms with Crippen LogP contribution in [0.3, 0.4) is 0 Å². The molecule has 0 spiro atoms. The Labute approximate surface area is 147 Å². The van der Waals surface area contributed by atoms with E-state index in [4.69, 9.17) is 4.42 Å². The number of hydrogen-bond acceptors (Lipinski definition) is 4. The minimum Gasteiger partial charge on any atom is -0.459 e. The van der Waals surface area contributed by atoms with Crippen LogP contribution in [-0.4, -0.2) is 70.7 Å². The fourth-order valence-corrected chi connectivity index (χ4v) is 3.47. The van der Waals surface area contributed by atoms with E-state index in [1.54, 1.807) is 26.8 Å². The van der Waals surface area contributed by atoms with Crippen molar-refractivity contribution in [1.82, 2.24) is 14.7 Å². The Morgan fingerprint density at radius 2 is 1.76 bits per heavy atom. The molecule has 2 fully saturated rings. The highest BCUT2D eigenvalue weighted by molar-refractivity contribution is 5.92. The maximum absolute atomic E-state index is 12.7. The van der Waals surface area contributed by atoms with Gasteiger partial charge in [-0.1, -0.05) is 0 Å². The lowest BCUT2D eigenvalue weighted by molar-refractivity contribution is -0.137. The van der Waals surface area contributed by atoms with Crippen LogP contribution in [0.4, 0.5) is 0 Å². The molecule has 1 aromatic heterocycles. The van der Waals surface area contributed by atoms with Gasteiger partial charge in [0.25, 0.3) is 5.91 Å². The molecule has 0 saturated carbocycles. The van der Waals surface area contributed by atoms with Gasteiger partial charge in [0.2, 0.25) is 11.8 Å². The van der Waals surface area contributed by atoms with E-state index < -0.39 is 0 Å². The Balaban J connectivity index is 1.56. The first kappa shape index (κ1) is 17.5. The van der Waals surface area contributed by atoms with Crippen LogP contribution in [-0.2, 0) is 9.59 Å². The standard InChI is InChI=1S/C18H25N3O4/c1-18(2,3)21-12-13(11-15(21)22)16(23)19-6-8-20(9-7-19)17(24)14-5-4-10-25-14/h4-5,10,13H,6-9,11-12H2,1-3H3/t13-/m1/s1. The van der Waals surface area contributed by atoms with Gasteiger partial charge in [-0.05, 0) is 32.9 Å². The van der Waals surface area contributed by atoms with E-state index in [-0.39, 0.29) is 35.6 Å². The first-order chi connectivity index (χ1) is 11.8. The molecule has 3 amide bonds. The average Bonchev–Trinajstić information content (AvgIpc) is 3.22. The minimum atomic E-state index is -0.279. The summed E-state index contributed by atoms with van der Waals surface area (Å²) < 4.78 is 5.14. The molecule has 0 unspecified atom stereocenters. The Bertz CT molecular complexity index is 654. The van der Waals surface area contributed by atoms with Gasteiger partial charge in [-0.25, -0.2) is 0 Å². The van der Waals surface area contributed by atoms with Crippen LogP contribution in [0.2, 0.25) is 0 Å². The molecule has 0 N–H and O–H groups in total. The van der Waals surface area contributed by atoms with E-state index in [2.05, 4.69) is 0 Å². The third kappa shape index (κ3) is 3.55. The number of furan rings is 1. The number of carbonyl (C=O) groups excluding carboxylic acids is 3. The van der Waals surface area contributed by atoms with Crippen LogP contribution in [0.15, 0.2) is 22.8 Å². The molecule has 1 atom stereocenters. The minimum absolute atomic E-state index is 0.0187. The van der Waals surface area contributed by atoms with Crippen molar-refractivity contribution in [3.63, 3.8) is 0 Å². The van der Waals surface area contributed by atoms with E-state index in [1.165, 1.54) is 6.26 Å². The summed E-state index contributed by atoms with van der Waals surface area (Å²) in [7, 11) is 0. The van der Waals surface area contributed by atoms with Crippen LogP contribution in [0.1, 0.15) is 37.7 Å². The van der Waals surface area contributed by atoms with Crippen LogP contribution >= 0.6 is 0 Å². The third-order valence-corrected chi connectivity index (χ3v) is 4.89. The molecule has 7 nitrogen and oxygen atoms in total. The van der Waals surface area contributed by atoms with Crippen molar-refractivity contribution in [2.45, 2.75) is 32.7 Å². The predicted molar refractivity (Wildman–Crippen MR) is 90.8 cm³/mol. The molecule has 1 aromatic rings. The summed E-state index contributed by atoms with van der Waals surface area (Å²) in [5, 5.41) is 0. The Hall–Kier alpha value is -2.31. The summed E-state index contributed by atoms with van der Waals surface area (Å²) in [6.07, 6.45) is 1.76. The van der Waals surface area contributed by atoms with Crippen molar-refractivity contribution in [2.75, 3.05) is 32.7 Å². The van der Waals surface area contributed by atoms with Crippen LogP contribution < -0.4 is 0 Å². The lowest BCUT2D eigenvalue weighted by Crippen LogP contribution is -2.52. The fourth-order valence-electron chi connectivity index (χ4n) is 3.47. The van der Waals surface area contributed by atoms with Gasteiger partial charge in [0.05, 0.1) is 12.2 Å². The van der Waals surface area contributed by atoms with Crippen molar-refractivity contribution >= 4 is 17.7 Å². The zero-order valence-electron chi connectivity index (χ0n) is 15.0. The molecule has 0 bridgehead atoms. The molecule has 7 heteroatoms. The summed E-state index contributed by atoms with van der Waals surface area (Å²) in [6, 6.07) is 3.33. The summed E-state index contributed by atoms with van der Waals surface area (Å²) in [6.45, 7) is 8.37. The third-order valence-electron chi connectivity index (χ3n) is 4.89. The molecule has 2 aliphatic heterocycles. The van der Waals surface area contributed by atoms with Gasteiger partial charge in [0.15, 0.2) is 5.76 Å². The average molecular weight is 347 g/mol. The van der Waals surface area contributed by atoms with Crippen molar-refractivity contribution in [1.29, 1.82) is 0 Å². The zero-order valence-corrected chi connectivity index (χ0v) is 15.0. The van der Waals surface area contributed by atoms with Crippen LogP contribution in [0.25, 0.3) is 0 Å². The molecular formula is C18H25N3O4. The molecule has 136 valence electrons.